The van der Waals surface area contributed by atoms with E-state index in [2.05, 4.69) is 5.32 Å². The quantitative estimate of drug-likeness (QED) is 0.818. The summed E-state index contributed by atoms with van der Waals surface area (Å²) in [6.07, 6.45) is 3.71. The van der Waals surface area contributed by atoms with Crippen LogP contribution in [0.15, 0.2) is 24.3 Å². The SMILES string of the molecule is CC(=O)c1ccccc1NC(=O)CC1(C(=O)O)CCCCC1. The molecular weight excluding hydrogens is 282 g/mol. The minimum atomic E-state index is -0.965. The standard InChI is InChI=1S/C17H21NO4/c1-12(19)13-7-3-4-8-14(13)18-15(20)11-17(16(21)22)9-5-2-6-10-17/h3-4,7-8H,2,5-6,9-11H2,1H3,(H,18,20)(H,21,22). The third kappa shape index (κ3) is 3.53. The van der Waals surface area contributed by atoms with Crippen molar-refractivity contribution in [1.29, 1.82) is 0 Å². The summed E-state index contributed by atoms with van der Waals surface area (Å²) >= 11 is 0. The molecule has 0 atom stereocenters. The van der Waals surface area contributed by atoms with E-state index < -0.39 is 11.4 Å². The third-order valence-corrected chi connectivity index (χ3v) is 4.34. The molecule has 0 aromatic heterocycles. The fourth-order valence-electron chi connectivity index (χ4n) is 3.10. The second-order valence-electron chi connectivity index (χ2n) is 5.97. The zero-order valence-electron chi connectivity index (χ0n) is 12.7. The zero-order valence-corrected chi connectivity index (χ0v) is 12.7. The molecule has 1 fully saturated rings. The highest BCUT2D eigenvalue weighted by Crippen LogP contribution is 2.39. The maximum atomic E-state index is 12.3. The second kappa shape index (κ2) is 6.73. The molecule has 0 bridgehead atoms. The molecule has 118 valence electrons. The molecule has 0 spiro atoms. The minimum Gasteiger partial charge on any atom is -0.481 e. The van der Waals surface area contributed by atoms with Crippen LogP contribution >= 0.6 is 0 Å². The Bertz CT molecular complexity index is 588. The number of carboxylic acids is 1. The van der Waals surface area contributed by atoms with E-state index in [0.29, 0.717) is 24.1 Å². The first-order chi connectivity index (χ1) is 10.4. The predicted molar refractivity (Wildman–Crippen MR) is 82.8 cm³/mol. The number of carboxylic acid groups (broad SMARTS) is 1. The van der Waals surface area contributed by atoms with Gasteiger partial charge in [0.2, 0.25) is 5.91 Å². The molecule has 5 heteroatoms. The molecule has 22 heavy (non-hydrogen) atoms. The number of hydrogen-bond donors (Lipinski definition) is 2. The summed E-state index contributed by atoms with van der Waals surface area (Å²) in [5, 5.41) is 12.2. The van der Waals surface area contributed by atoms with Gasteiger partial charge in [0, 0.05) is 12.0 Å². The van der Waals surface area contributed by atoms with Crippen molar-refractivity contribution in [3.05, 3.63) is 29.8 Å². The van der Waals surface area contributed by atoms with Gasteiger partial charge in [-0.15, -0.1) is 0 Å². The van der Waals surface area contributed by atoms with Gasteiger partial charge in [-0.2, -0.15) is 0 Å². The molecule has 0 aliphatic heterocycles. The minimum absolute atomic E-state index is 0.0471. The Morgan fingerprint density at radius 2 is 1.77 bits per heavy atom. The van der Waals surface area contributed by atoms with Gasteiger partial charge in [-0.05, 0) is 31.9 Å². The molecule has 0 saturated heterocycles. The first-order valence-electron chi connectivity index (χ1n) is 7.58. The lowest BCUT2D eigenvalue weighted by molar-refractivity contribution is -0.153. The highest BCUT2D eigenvalue weighted by Gasteiger charge is 2.41. The summed E-state index contributed by atoms with van der Waals surface area (Å²) in [4.78, 5) is 35.4. The zero-order chi connectivity index (χ0) is 16.2. The maximum Gasteiger partial charge on any atom is 0.310 e. The van der Waals surface area contributed by atoms with Crippen LogP contribution in [0, 0.1) is 5.41 Å². The van der Waals surface area contributed by atoms with Gasteiger partial charge in [0.15, 0.2) is 5.78 Å². The molecule has 1 aromatic rings. The monoisotopic (exact) mass is 303 g/mol. The molecule has 2 rings (SSSR count). The van der Waals surface area contributed by atoms with Crippen LogP contribution in [0.25, 0.3) is 0 Å². The molecule has 0 unspecified atom stereocenters. The van der Waals surface area contributed by atoms with Crippen LogP contribution in [0.4, 0.5) is 5.69 Å². The lowest BCUT2D eigenvalue weighted by Crippen LogP contribution is -2.37. The number of aliphatic carboxylic acids is 1. The number of nitrogens with one attached hydrogen (secondary N) is 1. The number of para-hydroxylation sites is 1. The number of carbonyl (C=O) groups is 3. The van der Waals surface area contributed by atoms with Crippen molar-refractivity contribution in [1.82, 2.24) is 0 Å². The fourth-order valence-corrected chi connectivity index (χ4v) is 3.10. The number of amides is 1. The molecule has 5 nitrogen and oxygen atoms in total. The summed E-state index contributed by atoms with van der Waals surface area (Å²) in [6.45, 7) is 1.44. The Morgan fingerprint density at radius 1 is 1.14 bits per heavy atom. The van der Waals surface area contributed by atoms with Crippen LogP contribution in [0.5, 0.6) is 0 Å². The summed E-state index contributed by atoms with van der Waals surface area (Å²) in [6, 6.07) is 6.76. The van der Waals surface area contributed by atoms with E-state index in [0.717, 1.165) is 19.3 Å². The lowest BCUT2D eigenvalue weighted by atomic mass is 9.71. The number of benzene rings is 1. The van der Waals surface area contributed by atoms with E-state index in [1.807, 2.05) is 0 Å². The first-order valence-corrected chi connectivity index (χ1v) is 7.58. The van der Waals surface area contributed by atoms with Gasteiger partial charge in [0.05, 0.1) is 11.1 Å². The van der Waals surface area contributed by atoms with E-state index in [9.17, 15) is 19.5 Å². The smallest absolute Gasteiger partial charge is 0.310 e. The molecule has 1 aliphatic carbocycles. The van der Waals surface area contributed by atoms with E-state index >= 15 is 0 Å². The van der Waals surface area contributed by atoms with Crippen molar-refractivity contribution in [2.75, 3.05) is 5.32 Å². The molecule has 2 N–H and O–H groups in total. The molecule has 1 aliphatic rings. The highest BCUT2D eigenvalue weighted by atomic mass is 16.4. The van der Waals surface area contributed by atoms with Crippen LogP contribution in [-0.2, 0) is 9.59 Å². The number of ketones is 1. The average Bonchev–Trinajstić information content (AvgIpc) is 2.48. The second-order valence-corrected chi connectivity index (χ2v) is 5.97. The molecule has 1 saturated carbocycles. The topological polar surface area (TPSA) is 83.5 Å². The Hall–Kier alpha value is -2.17. The van der Waals surface area contributed by atoms with E-state index in [-0.39, 0.29) is 18.1 Å². The Kier molecular flexibility index (Phi) is 4.96. The maximum absolute atomic E-state index is 12.3. The van der Waals surface area contributed by atoms with Gasteiger partial charge in [-0.25, -0.2) is 0 Å². The highest BCUT2D eigenvalue weighted by molar-refractivity contribution is 6.04. The number of anilines is 1. The number of rotatable bonds is 5. The number of carbonyl (C=O) groups excluding carboxylic acids is 2. The van der Waals surface area contributed by atoms with E-state index in [4.69, 9.17) is 0 Å². The van der Waals surface area contributed by atoms with Crippen LogP contribution in [0.3, 0.4) is 0 Å². The van der Waals surface area contributed by atoms with Crippen LogP contribution < -0.4 is 5.32 Å². The van der Waals surface area contributed by atoms with Crippen molar-refractivity contribution in [3.63, 3.8) is 0 Å². The summed E-state index contributed by atoms with van der Waals surface area (Å²) in [5.41, 5.74) is -0.0896. The van der Waals surface area contributed by atoms with Gasteiger partial charge >= 0.3 is 5.97 Å². The first kappa shape index (κ1) is 16.2. The van der Waals surface area contributed by atoms with Crippen molar-refractivity contribution in [3.8, 4) is 0 Å². The normalized spacial score (nSPS) is 16.8. The van der Waals surface area contributed by atoms with Gasteiger partial charge in [0.1, 0.15) is 0 Å². The summed E-state index contributed by atoms with van der Waals surface area (Å²) < 4.78 is 0. The van der Waals surface area contributed by atoms with Crippen LogP contribution in [-0.4, -0.2) is 22.8 Å². The molecular formula is C17H21NO4. The van der Waals surface area contributed by atoms with Crippen LogP contribution in [0.1, 0.15) is 55.8 Å². The van der Waals surface area contributed by atoms with Crippen molar-refractivity contribution in [2.45, 2.75) is 45.4 Å². The molecule has 1 aromatic carbocycles. The molecule has 0 heterocycles. The van der Waals surface area contributed by atoms with Gasteiger partial charge in [-0.3, -0.25) is 14.4 Å². The summed E-state index contributed by atoms with van der Waals surface area (Å²) in [7, 11) is 0. The average molecular weight is 303 g/mol. The van der Waals surface area contributed by atoms with Crippen LogP contribution in [0.2, 0.25) is 0 Å². The Balaban J connectivity index is 2.12. The van der Waals surface area contributed by atoms with Gasteiger partial charge in [0.25, 0.3) is 0 Å². The Morgan fingerprint density at radius 3 is 2.36 bits per heavy atom. The number of hydrogen-bond acceptors (Lipinski definition) is 3. The third-order valence-electron chi connectivity index (χ3n) is 4.34. The van der Waals surface area contributed by atoms with Crippen molar-refractivity contribution in [2.24, 2.45) is 5.41 Å². The predicted octanol–water partition coefficient (Wildman–Crippen LogP) is 3.25. The molecule has 1 amide bonds. The fraction of sp³-hybridized carbons (Fsp3) is 0.471. The van der Waals surface area contributed by atoms with Crippen molar-refractivity contribution >= 4 is 23.3 Å². The van der Waals surface area contributed by atoms with E-state index in [1.165, 1.54) is 6.92 Å². The van der Waals surface area contributed by atoms with Gasteiger partial charge in [-0.1, -0.05) is 31.4 Å². The van der Waals surface area contributed by atoms with E-state index in [1.54, 1.807) is 24.3 Å². The van der Waals surface area contributed by atoms with Crippen molar-refractivity contribution < 1.29 is 19.5 Å². The lowest BCUT2D eigenvalue weighted by Gasteiger charge is -2.32. The molecule has 0 radical (unpaired) electrons. The summed E-state index contributed by atoms with van der Waals surface area (Å²) in [5.74, 6) is -1.39. The Labute approximate surface area is 129 Å². The number of Topliss-reactive ketones (excluding diaryl/α,β-unsaturated/α-hetero) is 1. The van der Waals surface area contributed by atoms with Gasteiger partial charge < -0.3 is 10.4 Å². The largest absolute Gasteiger partial charge is 0.481 e.